The average molecular weight is 159 g/mol. The summed E-state index contributed by atoms with van der Waals surface area (Å²) < 4.78 is 0. The molecule has 0 spiro atoms. The number of hydrogen-bond acceptors (Lipinski definition) is 5. The highest BCUT2D eigenvalue weighted by Crippen LogP contribution is 2.23. The summed E-state index contributed by atoms with van der Waals surface area (Å²) in [4.78, 5) is 14.9. The third-order valence-electron chi connectivity index (χ3n) is 2.11. The second kappa shape index (κ2) is 3.17. The predicted molar refractivity (Wildman–Crippen MR) is 39.0 cm³/mol. The van der Waals surface area contributed by atoms with Gasteiger partial charge in [0, 0.05) is 12.1 Å². The molecule has 0 aromatic carbocycles. The lowest BCUT2D eigenvalue weighted by Crippen LogP contribution is -2.35. The number of hydrogen-bond donors (Lipinski definition) is 3. The fourth-order valence-electron chi connectivity index (χ4n) is 1.39. The van der Waals surface area contributed by atoms with Crippen LogP contribution in [0.15, 0.2) is 0 Å². The standard InChI is InChI=1S/C6H13N3O2/c7-4-1-3(2-5(4)8)6(10)11-9/h3-5H,1-2,7-9H2. The summed E-state index contributed by atoms with van der Waals surface area (Å²) in [6, 6.07) is -0.196. The van der Waals surface area contributed by atoms with Crippen LogP contribution >= 0.6 is 0 Å². The Bertz CT molecular complexity index is 152. The molecule has 0 aromatic heterocycles. The second-order valence-electron chi connectivity index (χ2n) is 2.93. The molecule has 1 rings (SSSR count). The molecule has 1 saturated carbocycles. The topological polar surface area (TPSA) is 104 Å². The third kappa shape index (κ3) is 1.68. The van der Waals surface area contributed by atoms with Gasteiger partial charge in [-0.05, 0) is 12.8 Å². The highest BCUT2D eigenvalue weighted by atomic mass is 16.7. The number of carbonyl (C=O) groups is 1. The molecule has 11 heavy (non-hydrogen) atoms. The van der Waals surface area contributed by atoms with Gasteiger partial charge in [-0.3, -0.25) is 4.79 Å². The molecule has 2 atom stereocenters. The molecule has 0 aromatic rings. The first-order valence-corrected chi connectivity index (χ1v) is 3.57. The van der Waals surface area contributed by atoms with E-state index in [0.717, 1.165) is 0 Å². The monoisotopic (exact) mass is 159 g/mol. The molecule has 2 unspecified atom stereocenters. The normalized spacial score (nSPS) is 37.2. The van der Waals surface area contributed by atoms with E-state index >= 15 is 0 Å². The summed E-state index contributed by atoms with van der Waals surface area (Å²) in [7, 11) is 0. The van der Waals surface area contributed by atoms with Crippen LogP contribution in [-0.2, 0) is 9.63 Å². The highest BCUT2D eigenvalue weighted by molar-refractivity contribution is 5.72. The van der Waals surface area contributed by atoms with Crippen LogP contribution in [0.4, 0.5) is 0 Å². The Morgan fingerprint density at radius 3 is 2.09 bits per heavy atom. The van der Waals surface area contributed by atoms with Crippen molar-refractivity contribution >= 4 is 5.97 Å². The van der Waals surface area contributed by atoms with E-state index in [-0.39, 0.29) is 18.0 Å². The summed E-state index contributed by atoms with van der Waals surface area (Å²) in [6.07, 6.45) is 1.16. The van der Waals surface area contributed by atoms with E-state index in [9.17, 15) is 4.79 Å². The minimum Gasteiger partial charge on any atom is -0.373 e. The molecule has 1 aliphatic rings. The van der Waals surface area contributed by atoms with Crippen LogP contribution in [0, 0.1) is 5.92 Å². The van der Waals surface area contributed by atoms with E-state index in [0.29, 0.717) is 12.8 Å². The summed E-state index contributed by atoms with van der Waals surface area (Å²) in [6.45, 7) is 0. The van der Waals surface area contributed by atoms with Crippen LogP contribution in [-0.4, -0.2) is 18.1 Å². The molecule has 0 aliphatic heterocycles. The Hall–Kier alpha value is -0.650. The largest absolute Gasteiger partial charge is 0.373 e. The molecular weight excluding hydrogens is 146 g/mol. The van der Waals surface area contributed by atoms with Crippen LogP contribution in [0.25, 0.3) is 0 Å². The fourth-order valence-corrected chi connectivity index (χ4v) is 1.39. The van der Waals surface area contributed by atoms with E-state index in [1.807, 2.05) is 0 Å². The molecule has 6 N–H and O–H groups in total. The van der Waals surface area contributed by atoms with Gasteiger partial charge in [0.2, 0.25) is 0 Å². The number of carbonyl (C=O) groups excluding carboxylic acids is 1. The van der Waals surface area contributed by atoms with Crippen molar-refractivity contribution in [3.8, 4) is 0 Å². The SMILES string of the molecule is NOC(=O)C1CC(N)C(N)C1. The lowest BCUT2D eigenvalue weighted by atomic mass is 10.1. The Labute approximate surface area is 64.8 Å². The zero-order chi connectivity index (χ0) is 8.43. The lowest BCUT2D eigenvalue weighted by Gasteiger charge is -2.05. The molecule has 5 heteroatoms. The fraction of sp³-hybridized carbons (Fsp3) is 0.833. The quantitative estimate of drug-likeness (QED) is 0.402. The second-order valence-corrected chi connectivity index (χ2v) is 2.93. The van der Waals surface area contributed by atoms with Gasteiger partial charge in [-0.25, -0.2) is 0 Å². The first-order valence-electron chi connectivity index (χ1n) is 3.57. The van der Waals surface area contributed by atoms with Crippen LogP contribution in [0.2, 0.25) is 0 Å². The Morgan fingerprint density at radius 2 is 1.73 bits per heavy atom. The van der Waals surface area contributed by atoms with E-state index < -0.39 is 5.97 Å². The molecule has 1 aliphatic carbocycles. The van der Waals surface area contributed by atoms with Gasteiger partial charge in [0.1, 0.15) is 0 Å². The minimum absolute atomic E-state index is 0.0981. The van der Waals surface area contributed by atoms with Gasteiger partial charge in [-0.2, -0.15) is 5.90 Å². The predicted octanol–water partition coefficient (Wildman–Crippen LogP) is -1.53. The van der Waals surface area contributed by atoms with Gasteiger partial charge in [-0.15, -0.1) is 0 Å². The van der Waals surface area contributed by atoms with Gasteiger partial charge in [0.05, 0.1) is 5.92 Å². The van der Waals surface area contributed by atoms with Gasteiger partial charge in [0.25, 0.3) is 0 Å². The zero-order valence-corrected chi connectivity index (χ0v) is 6.19. The minimum atomic E-state index is -0.409. The molecule has 0 heterocycles. The first-order chi connectivity index (χ1) is 5.15. The highest BCUT2D eigenvalue weighted by Gasteiger charge is 2.34. The molecule has 0 amide bonds. The van der Waals surface area contributed by atoms with Crippen molar-refractivity contribution in [2.75, 3.05) is 0 Å². The maximum atomic E-state index is 10.8. The van der Waals surface area contributed by atoms with E-state index in [4.69, 9.17) is 17.4 Å². The summed E-state index contributed by atoms with van der Waals surface area (Å²) in [5.74, 6) is 4.10. The first kappa shape index (κ1) is 8.45. The Balaban J connectivity index is 2.46. The van der Waals surface area contributed by atoms with Gasteiger partial charge >= 0.3 is 5.97 Å². The molecule has 1 fully saturated rings. The number of rotatable bonds is 1. The Morgan fingerprint density at radius 1 is 1.27 bits per heavy atom. The molecule has 0 radical (unpaired) electrons. The molecular formula is C6H13N3O2. The average Bonchev–Trinajstić information content (AvgIpc) is 2.31. The maximum Gasteiger partial charge on any atom is 0.327 e. The lowest BCUT2D eigenvalue weighted by molar-refractivity contribution is -0.148. The van der Waals surface area contributed by atoms with Gasteiger partial charge in [-0.1, -0.05) is 0 Å². The van der Waals surface area contributed by atoms with Gasteiger partial charge in [0.15, 0.2) is 0 Å². The summed E-state index contributed by atoms with van der Waals surface area (Å²) in [5.41, 5.74) is 11.2. The van der Waals surface area contributed by atoms with Crippen LogP contribution in [0.3, 0.4) is 0 Å². The van der Waals surface area contributed by atoms with E-state index in [1.165, 1.54) is 0 Å². The zero-order valence-electron chi connectivity index (χ0n) is 6.19. The number of nitrogens with two attached hydrogens (primary N) is 3. The van der Waals surface area contributed by atoms with E-state index in [1.54, 1.807) is 0 Å². The summed E-state index contributed by atoms with van der Waals surface area (Å²) in [5, 5.41) is 0. The Kier molecular flexibility index (Phi) is 2.43. The summed E-state index contributed by atoms with van der Waals surface area (Å²) >= 11 is 0. The van der Waals surface area contributed by atoms with Crippen molar-refractivity contribution in [1.29, 1.82) is 0 Å². The van der Waals surface area contributed by atoms with Crippen molar-refractivity contribution in [3.63, 3.8) is 0 Å². The molecule has 0 bridgehead atoms. The maximum absolute atomic E-state index is 10.8. The van der Waals surface area contributed by atoms with Crippen molar-refractivity contribution in [2.45, 2.75) is 24.9 Å². The van der Waals surface area contributed by atoms with Crippen molar-refractivity contribution in [1.82, 2.24) is 0 Å². The third-order valence-corrected chi connectivity index (χ3v) is 2.11. The van der Waals surface area contributed by atoms with Gasteiger partial charge < -0.3 is 16.3 Å². The van der Waals surface area contributed by atoms with Crippen molar-refractivity contribution < 1.29 is 9.63 Å². The molecule has 5 nitrogen and oxygen atoms in total. The smallest absolute Gasteiger partial charge is 0.327 e. The molecule has 64 valence electrons. The van der Waals surface area contributed by atoms with E-state index in [2.05, 4.69) is 4.84 Å². The van der Waals surface area contributed by atoms with Crippen molar-refractivity contribution in [2.24, 2.45) is 23.3 Å². The molecule has 0 saturated heterocycles. The van der Waals surface area contributed by atoms with Crippen molar-refractivity contribution in [3.05, 3.63) is 0 Å². The van der Waals surface area contributed by atoms with Crippen LogP contribution in [0.1, 0.15) is 12.8 Å². The van der Waals surface area contributed by atoms with Crippen LogP contribution < -0.4 is 17.4 Å². The van der Waals surface area contributed by atoms with Crippen LogP contribution in [0.5, 0.6) is 0 Å².